The number of anilines is 1. The van der Waals surface area contributed by atoms with Gasteiger partial charge in [-0.1, -0.05) is 6.07 Å². The van der Waals surface area contributed by atoms with Crippen LogP contribution in [0, 0.1) is 0 Å². The Morgan fingerprint density at radius 3 is 2.97 bits per heavy atom. The number of hydrogen-bond acceptors (Lipinski definition) is 8. The topological polar surface area (TPSA) is 148 Å². The normalized spacial score (nSPS) is 16.9. The van der Waals surface area contributed by atoms with Crippen molar-refractivity contribution in [2.24, 2.45) is 0 Å². The molecular weight excluding hydrogens is 470 g/mol. The predicted octanol–water partition coefficient (Wildman–Crippen LogP) is 3.87. The Labute approximate surface area is 205 Å². The third-order valence-corrected chi connectivity index (χ3v) is 6.39. The number of nitrogens with zero attached hydrogens (tertiary/aromatic N) is 5. The first-order valence-corrected chi connectivity index (χ1v) is 12.0. The molecule has 0 aliphatic heterocycles. The summed E-state index contributed by atoms with van der Waals surface area (Å²) in [6.07, 6.45) is 10.2. The quantitative estimate of drug-likeness (QED) is 0.327. The van der Waals surface area contributed by atoms with Gasteiger partial charge in [0.2, 0.25) is 0 Å². The molecule has 1 fully saturated rings. The Bertz CT molecular complexity index is 1240. The Morgan fingerprint density at radius 1 is 1.40 bits per heavy atom. The molecule has 12 heteroatoms. The maximum Gasteiger partial charge on any atom is 0.290 e. The van der Waals surface area contributed by atoms with E-state index in [4.69, 9.17) is 19.7 Å². The molecule has 1 saturated carbocycles. The van der Waals surface area contributed by atoms with E-state index in [1.165, 1.54) is 11.3 Å². The molecule has 1 aliphatic carbocycles. The van der Waals surface area contributed by atoms with Crippen molar-refractivity contribution in [1.29, 1.82) is 0 Å². The monoisotopic (exact) mass is 495 g/mol. The summed E-state index contributed by atoms with van der Waals surface area (Å²) in [5, 5.41) is 23.9. The Morgan fingerprint density at radius 2 is 2.26 bits per heavy atom. The number of amides is 1. The van der Waals surface area contributed by atoms with Gasteiger partial charge in [0.15, 0.2) is 0 Å². The number of carboxylic acid groups (broad SMARTS) is 1. The van der Waals surface area contributed by atoms with Crippen molar-refractivity contribution < 1.29 is 19.4 Å². The third kappa shape index (κ3) is 5.78. The Hall–Kier alpha value is -3.90. The summed E-state index contributed by atoms with van der Waals surface area (Å²) < 4.78 is 7.74. The van der Waals surface area contributed by atoms with Gasteiger partial charge in [0.1, 0.15) is 16.4 Å². The lowest BCUT2D eigenvalue weighted by Crippen LogP contribution is -2.13. The van der Waals surface area contributed by atoms with E-state index in [0.717, 1.165) is 29.8 Å². The van der Waals surface area contributed by atoms with E-state index < -0.39 is 0 Å². The molecule has 0 radical (unpaired) electrons. The van der Waals surface area contributed by atoms with Crippen LogP contribution < -0.4 is 5.32 Å². The summed E-state index contributed by atoms with van der Waals surface area (Å²) in [5.41, 5.74) is 3.16. The minimum atomic E-state index is -0.286. The maximum atomic E-state index is 13.0. The van der Waals surface area contributed by atoms with Crippen LogP contribution in [0.4, 0.5) is 5.69 Å². The second-order valence-electron chi connectivity index (χ2n) is 7.72. The fourth-order valence-corrected chi connectivity index (χ4v) is 4.75. The number of nitrogens with one attached hydrogen (secondary N) is 2. The molecular formula is C23H25N7O4S. The number of carbonyl (C=O) groups is 2. The molecule has 4 heterocycles. The second kappa shape index (κ2) is 11.5. The number of H-pyrrole nitrogens is 1. The van der Waals surface area contributed by atoms with E-state index >= 15 is 0 Å². The van der Waals surface area contributed by atoms with Crippen LogP contribution in [0.5, 0.6) is 0 Å². The molecule has 1 aliphatic rings. The summed E-state index contributed by atoms with van der Waals surface area (Å²) in [5.74, 6) is -0.286. The van der Waals surface area contributed by atoms with E-state index in [1.807, 2.05) is 36.0 Å². The van der Waals surface area contributed by atoms with E-state index in [2.05, 4.69) is 25.5 Å². The molecule has 3 N–H and O–H groups in total. The van der Waals surface area contributed by atoms with Gasteiger partial charge in [0.05, 0.1) is 29.7 Å². The fourth-order valence-electron chi connectivity index (χ4n) is 3.97. The molecule has 0 saturated heterocycles. The number of thiazole rings is 1. The number of aromatic nitrogens is 6. The first kappa shape index (κ1) is 24.2. The van der Waals surface area contributed by atoms with Gasteiger partial charge in [-0.15, -0.1) is 11.3 Å². The van der Waals surface area contributed by atoms with Gasteiger partial charge < -0.3 is 15.2 Å². The van der Waals surface area contributed by atoms with Crippen molar-refractivity contribution in [3.05, 3.63) is 54.1 Å². The van der Waals surface area contributed by atoms with Gasteiger partial charge in [-0.05, 0) is 38.3 Å². The standard InChI is InChI=1S/C22H23N7O2S.CH2O2/c1-2-31-16-7-6-15(9-16)29-12-18(20(28-29)17-5-3-4-8-23-17)26-21(30)19-13-32-22(27-19)14-10-24-25-11-14;2-1-3/h3-5,8,10-13,15-16H,2,6-7,9H2,1H3,(H,24,25)(H,26,30);1H,(H,2,3)/t15-,16+;/m0./s1. The average Bonchev–Trinajstić information content (AvgIpc) is 3.67. The fraction of sp³-hybridized carbons (Fsp3) is 0.304. The van der Waals surface area contributed by atoms with Crippen molar-refractivity contribution >= 4 is 29.4 Å². The maximum absolute atomic E-state index is 13.0. The summed E-state index contributed by atoms with van der Waals surface area (Å²) in [7, 11) is 0. The lowest BCUT2D eigenvalue weighted by Gasteiger charge is -2.11. The average molecular weight is 496 g/mol. The zero-order valence-electron chi connectivity index (χ0n) is 19.0. The van der Waals surface area contributed by atoms with Crippen LogP contribution in [0.15, 0.2) is 48.4 Å². The highest BCUT2D eigenvalue weighted by atomic mass is 32.1. The molecule has 2 atom stereocenters. The molecule has 0 unspecified atom stereocenters. The summed E-state index contributed by atoms with van der Waals surface area (Å²) in [4.78, 5) is 30.2. The van der Waals surface area contributed by atoms with Crippen LogP contribution in [0.2, 0.25) is 0 Å². The first-order chi connectivity index (χ1) is 17.1. The third-order valence-electron chi connectivity index (χ3n) is 5.50. The molecule has 11 nitrogen and oxygen atoms in total. The lowest BCUT2D eigenvalue weighted by molar-refractivity contribution is -0.122. The van der Waals surface area contributed by atoms with Crippen molar-refractivity contribution in [2.45, 2.75) is 38.3 Å². The summed E-state index contributed by atoms with van der Waals surface area (Å²) in [6.45, 7) is 2.48. The largest absolute Gasteiger partial charge is 0.483 e. The molecule has 0 aromatic carbocycles. The van der Waals surface area contributed by atoms with Crippen LogP contribution >= 0.6 is 11.3 Å². The van der Waals surface area contributed by atoms with Gasteiger partial charge in [0, 0.05) is 36.1 Å². The van der Waals surface area contributed by atoms with Crippen LogP contribution in [0.1, 0.15) is 42.7 Å². The Kier molecular flexibility index (Phi) is 7.95. The smallest absolute Gasteiger partial charge is 0.290 e. The number of carbonyl (C=O) groups excluding carboxylic acids is 1. The zero-order chi connectivity index (χ0) is 24.6. The van der Waals surface area contributed by atoms with E-state index in [1.54, 1.807) is 24.0 Å². The summed E-state index contributed by atoms with van der Waals surface area (Å²) in [6, 6.07) is 5.88. The van der Waals surface area contributed by atoms with Crippen molar-refractivity contribution in [1.82, 2.24) is 29.9 Å². The number of ether oxygens (including phenoxy) is 1. The van der Waals surface area contributed by atoms with Crippen LogP contribution in [-0.4, -0.2) is 60.1 Å². The highest BCUT2D eigenvalue weighted by molar-refractivity contribution is 7.13. The van der Waals surface area contributed by atoms with Crippen molar-refractivity contribution in [3.8, 4) is 22.0 Å². The molecule has 1 amide bonds. The molecule has 35 heavy (non-hydrogen) atoms. The molecule has 0 bridgehead atoms. The highest BCUT2D eigenvalue weighted by Crippen LogP contribution is 2.35. The van der Waals surface area contributed by atoms with Gasteiger partial charge >= 0.3 is 0 Å². The number of aromatic amines is 1. The number of rotatable bonds is 7. The number of pyridine rings is 1. The van der Waals surface area contributed by atoms with Gasteiger partial charge in [-0.3, -0.25) is 24.4 Å². The highest BCUT2D eigenvalue weighted by Gasteiger charge is 2.28. The molecule has 0 spiro atoms. The molecule has 4 aromatic heterocycles. The SMILES string of the molecule is CCO[C@@H]1CC[C@H](n2cc(NC(=O)c3csc(-c4cn[nH]c4)n3)c(-c3ccccn3)n2)C1.O=CO. The van der Waals surface area contributed by atoms with Crippen LogP contribution in [0.3, 0.4) is 0 Å². The van der Waals surface area contributed by atoms with Gasteiger partial charge in [-0.2, -0.15) is 10.2 Å². The van der Waals surface area contributed by atoms with Gasteiger partial charge in [-0.25, -0.2) is 4.98 Å². The van der Waals surface area contributed by atoms with E-state index in [0.29, 0.717) is 29.4 Å². The molecule has 182 valence electrons. The predicted molar refractivity (Wildman–Crippen MR) is 130 cm³/mol. The summed E-state index contributed by atoms with van der Waals surface area (Å²) >= 11 is 1.40. The first-order valence-electron chi connectivity index (χ1n) is 11.1. The van der Waals surface area contributed by atoms with Crippen molar-refractivity contribution in [2.75, 3.05) is 11.9 Å². The minimum Gasteiger partial charge on any atom is -0.483 e. The minimum absolute atomic E-state index is 0.228. The van der Waals surface area contributed by atoms with Crippen LogP contribution in [-0.2, 0) is 9.53 Å². The van der Waals surface area contributed by atoms with E-state index in [9.17, 15) is 4.79 Å². The van der Waals surface area contributed by atoms with E-state index in [-0.39, 0.29) is 24.5 Å². The zero-order valence-corrected chi connectivity index (χ0v) is 19.8. The lowest BCUT2D eigenvalue weighted by atomic mass is 10.2. The van der Waals surface area contributed by atoms with Crippen LogP contribution in [0.25, 0.3) is 22.0 Å². The second-order valence-corrected chi connectivity index (χ2v) is 8.57. The number of hydrogen-bond donors (Lipinski definition) is 3. The van der Waals surface area contributed by atoms with Crippen molar-refractivity contribution in [3.63, 3.8) is 0 Å². The molecule has 5 rings (SSSR count). The Balaban J connectivity index is 0.000000917. The molecule has 4 aromatic rings. The van der Waals surface area contributed by atoms with Gasteiger partial charge in [0.25, 0.3) is 12.4 Å².